The molecule has 0 aromatic heterocycles. The summed E-state index contributed by atoms with van der Waals surface area (Å²) in [5, 5.41) is 5.62. The zero-order valence-electron chi connectivity index (χ0n) is 18.9. The van der Waals surface area contributed by atoms with Crippen LogP contribution in [-0.2, 0) is 4.79 Å². The summed E-state index contributed by atoms with van der Waals surface area (Å²) in [5.74, 6) is 0.347. The average Bonchev–Trinajstić information content (AvgIpc) is 2.87. The van der Waals surface area contributed by atoms with E-state index >= 15 is 0 Å². The number of hydrogen-bond acceptors (Lipinski definition) is 4. The summed E-state index contributed by atoms with van der Waals surface area (Å²) in [6.45, 7) is 0. The van der Waals surface area contributed by atoms with Crippen LogP contribution in [0.15, 0.2) is 88.9 Å². The Morgan fingerprint density at radius 3 is 1.59 bits per heavy atom. The lowest BCUT2D eigenvalue weighted by molar-refractivity contribution is -0.111. The van der Waals surface area contributed by atoms with Crippen molar-refractivity contribution in [3.8, 4) is 0 Å². The molecule has 0 unspecified atom stereocenters. The van der Waals surface area contributed by atoms with Gasteiger partial charge in [-0.1, -0.05) is 12.1 Å². The maximum atomic E-state index is 12.5. The number of anilines is 2. The number of nitrogens with two attached hydrogens (primary N) is 2. The Hall–Kier alpha value is -4.72. The minimum absolute atomic E-state index is 0.240. The van der Waals surface area contributed by atoms with Gasteiger partial charge in [-0.15, -0.1) is 0 Å². The minimum Gasteiger partial charge on any atom is -0.384 e. The third kappa shape index (κ3) is 6.39. The van der Waals surface area contributed by atoms with E-state index in [1.54, 1.807) is 93.0 Å². The van der Waals surface area contributed by atoms with Gasteiger partial charge in [-0.2, -0.15) is 0 Å². The van der Waals surface area contributed by atoms with Crippen molar-refractivity contribution in [3.05, 3.63) is 101 Å². The van der Waals surface area contributed by atoms with Gasteiger partial charge in [-0.05, 0) is 72.3 Å². The van der Waals surface area contributed by atoms with Crippen LogP contribution in [-0.4, -0.2) is 37.6 Å². The van der Waals surface area contributed by atoms with Gasteiger partial charge >= 0.3 is 0 Å². The van der Waals surface area contributed by atoms with Crippen molar-refractivity contribution in [1.82, 2.24) is 0 Å². The molecule has 0 aliphatic rings. The van der Waals surface area contributed by atoms with Gasteiger partial charge in [-0.3, -0.25) is 19.6 Å². The van der Waals surface area contributed by atoms with Gasteiger partial charge in [0.15, 0.2) is 0 Å². The molecule has 0 radical (unpaired) electrons. The number of benzene rings is 3. The quantitative estimate of drug-likeness (QED) is 0.247. The van der Waals surface area contributed by atoms with Gasteiger partial charge in [0.05, 0.1) is 0 Å². The first-order valence-electron chi connectivity index (χ1n) is 10.5. The topological polar surface area (TPSA) is 135 Å². The molecular weight excluding hydrogens is 428 g/mol. The Morgan fingerprint density at radius 1 is 0.676 bits per heavy atom. The van der Waals surface area contributed by atoms with E-state index < -0.39 is 0 Å². The largest absolute Gasteiger partial charge is 0.384 e. The van der Waals surface area contributed by atoms with E-state index in [0.717, 1.165) is 16.7 Å². The number of amidine groups is 2. The molecule has 2 amide bonds. The van der Waals surface area contributed by atoms with Crippen molar-refractivity contribution >= 4 is 40.9 Å². The van der Waals surface area contributed by atoms with Crippen LogP contribution in [0.25, 0.3) is 6.08 Å². The first-order valence-corrected chi connectivity index (χ1v) is 10.5. The molecule has 0 spiro atoms. The second-order valence-corrected chi connectivity index (χ2v) is 7.27. The van der Waals surface area contributed by atoms with Gasteiger partial charge < -0.3 is 22.1 Å². The fraction of sp³-hybridized carbons (Fsp3) is 0.0769. The van der Waals surface area contributed by atoms with Crippen LogP contribution in [0.2, 0.25) is 0 Å². The molecule has 8 nitrogen and oxygen atoms in total. The van der Waals surface area contributed by atoms with Crippen LogP contribution in [0.1, 0.15) is 27.0 Å². The molecule has 3 aromatic rings. The third-order valence-electron chi connectivity index (χ3n) is 4.97. The van der Waals surface area contributed by atoms with Crippen molar-refractivity contribution in [2.45, 2.75) is 0 Å². The molecule has 0 aliphatic heterocycles. The number of aliphatic imine (C=N–C) groups is 2. The first kappa shape index (κ1) is 23.9. The summed E-state index contributed by atoms with van der Waals surface area (Å²) in [5.41, 5.74) is 15.7. The maximum Gasteiger partial charge on any atom is 0.255 e. The number of carbonyl (C=O) groups is 2. The molecule has 0 bridgehead atoms. The van der Waals surface area contributed by atoms with Crippen molar-refractivity contribution in [2.24, 2.45) is 21.5 Å². The maximum absolute atomic E-state index is 12.5. The molecule has 3 rings (SSSR count). The SMILES string of the molecule is CN=C(N)c1ccc(NC(=O)C=Cc2ccc(C(=O)Nc3ccc(C(N)=NC)cc3)cc2)cc1. The number of rotatable bonds is 7. The molecule has 8 heteroatoms. The summed E-state index contributed by atoms with van der Waals surface area (Å²) in [4.78, 5) is 32.6. The Balaban J connectivity index is 1.56. The second-order valence-electron chi connectivity index (χ2n) is 7.27. The van der Waals surface area contributed by atoms with Crippen LogP contribution in [0.4, 0.5) is 11.4 Å². The number of nitrogens with one attached hydrogen (secondary N) is 2. The highest BCUT2D eigenvalue weighted by Crippen LogP contribution is 2.13. The van der Waals surface area contributed by atoms with Crippen molar-refractivity contribution in [2.75, 3.05) is 24.7 Å². The highest BCUT2D eigenvalue weighted by Gasteiger charge is 2.07. The van der Waals surface area contributed by atoms with Gasteiger partial charge in [-0.25, -0.2) is 0 Å². The number of carbonyl (C=O) groups excluding carboxylic acids is 2. The van der Waals surface area contributed by atoms with E-state index in [9.17, 15) is 9.59 Å². The van der Waals surface area contributed by atoms with Gasteiger partial charge in [0.1, 0.15) is 11.7 Å². The predicted molar refractivity (Wildman–Crippen MR) is 138 cm³/mol. The van der Waals surface area contributed by atoms with Crippen LogP contribution in [0.3, 0.4) is 0 Å². The Bertz CT molecular complexity index is 1240. The molecule has 0 saturated heterocycles. The molecule has 34 heavy (non-hydrogen) atoms. The molecule has 3 aromatic carbocycles. The van der Waals surface area contributed by atoms with Crippen LogP contribution in [0.5, 0.6) is 0 Å². The van der Waals surface area contributed by atoms with Crippen LogP contribution in [0, 0.1) is 0 Å². The van der Waals surface area contributed by atoms with Crippen molar-refractivity contribution in [3.63, 3.8) is 0 Å². The molecule has 172 valence electrons. The fourth-order valence-corrected chi connectivity index (χ4v) is 3.01. The zero-order chi connectivity index (χ0) is 24.5. The Kier molecular flexibility index (Phi) is 7.91. The predicted octanol–water partition coefficient (Wildman–Crippen LogP) is 3.26. The van der Waals surface area contributed by atoms with Gasteiger partial charge in [0.25, 0.3) is 5.91 Å². The zero-order valence-corrected chi connectivity index (χ0v) is 18.9. The van der Waals surface area contributed by atoms with E-state index in [4.69, 9.17) is 11.5 Å². The monoisotopic (exact) mass is 454 g/mol. The summed E-state index contributed by atoms with van der Waals surface area (Å²) in [7, 11) is 3.24. The first-order chi connectivity index (χ1) is 16.4. The van der Waals surface area contributed by atoms with Gasteiger partial charge in [0, 0.05) is 48.2 Å². The van der Waals surface area contributed by atoms with Crippen molar-refractivity contribution < 1.29 is 9.59 Å². The molecule has 6 N–H and O–H groups in total. The Morgan fingerprint density at radius 2 is 1.12 bits per heavy atom. The normalized spacial score (nSPS) is 11.9. The number of nitrogens with zero attached hydrogens (tertiary/aromatic N) is 2. The van der Waals surface area contributed by atoms with E-state index in [1.807, 2.05) is 0 Å². The molecule has 0 saturated carbocycles. The van der Waals surface area contributed by atoms with E-state index in [0.29, 0.717) is 28.6 Å². The van der Waals surface area contributed by atoms with Crippen LogP contribution >= 0.6 is 0 Å². The highest BCUT2D eigenvalue weighted by molar-refractivity contribution is 6.05. The second kappa shape index (κ2) is 11.2. The summed E-state index contributed by atoms with van der Waals surface area (Å²) in [6, 6.07) is 21.1. The van der Waals surface area contributed by atoms with E-state index in [1.165, 1.54) is 6.08 Å². The van der Waals surface area contributed by atoms with E-state index in [2.05, 4.69) is 20.6 Å². The summed E-state index contributed by atoms with van der Waals surface area (Å²) in [6.07, 6.45) is 3.10. The van der Waals surface area contributed by atoms with E-state index in [-0.39, 0.29) is 11.8 Å². The lowest BCUT2D eigenvalue weighted by Crippen LogP contribution is -2.14. The Labute approximate surface area is 198 Å². The average molecular weight is 455 g/mol. The molecule has 0 atom stereocenters. The number of hydrogen-bond donors (Lipinski definition) is 4. The number of amides is 2. The standard InChI is InChI=1S/C26H26N6O2/c1-29-24(27)18-8-12-21(13-9-18)31-23(33)16-5-17-3-6-20(7-4-17)26(34)32-22-14-10-19(11-15-22)25(28)30-2/h3-16H,1-2H3,(H2,27,29)(H2,28,30)(H,31,33)(H,32,34). The fourth-order valence-electron chi connectivity index (χ4n) is 3.01. The summed E-state index contributed by atoms with van der Waals surface area (Å²) < 4.78 is 0. The molecule has 0 fully saturated rings. The highest BCUT2D eigenvalue weighted by atomic mass is 16.2. The summed E-state index contributed by atoms with van der Waals surface area (Å²) >= 11 is 0. The molecule has 0 aliphatic carbocycles. The molecule has 0 heterocycles. The third-order valence-corrected chi connectivity index (χ3v) is 4.97. The van der Waals surface area contributed by atoms with Crippen molar-refractivity contribution in [1.29, 1.82) is 0 Å². The van der Waals surface area contributed by atoms with Crippen LogP contribution < -0.4 is 22.1 Å². The molecular formula is C26H26N6O2. The lowest BCUT2D eigenvalue weighted by Gasteiger charge is -2.07. The van der Waals surface area contributed by atoms with Gasteiger partial charge in [0.2, 0.25) is 5.91 Å². The minimum atomic E-state index is -0.274. The lowest BCUT2D eigenvalue weighted by atomic mass is 10.1. The smallest absolute Gasteiger partial charge is 0.255 e.